The number of ether oxygens (including phenoxy) is 1. The molecule has 16 heavy (non-hydrogen) atoms. The second kappa shape index (κ2) is 5.46. The largest absolute Gasteiger partial charge is 0.495 e. The average Bonchev–Trinajstić information content (AvgIpc) is 2.29. The van der Waals surface area contributed by atoms with Gasteiger partial charge >= 0.3 is 0 Å². The number of benzene rings is 1. The summed E-state index contributed by atoms with van der Waals surface area (Å²) in [5, 5.41) is 0.488. The number of anilines is 1. The van der Waals surface area contributed by atoms with Crippen molar-refractivity contribution in [2.45, 2.75) is 6.92 Å². The highest BCUT2D eigenvalue weighted by Gasteiger charge is 2.14. The molecule has 0 aliphatic heterocycles. The molecule has 88 valence electrons. The maximum Gasteiger partial charge on any atom is 0.236 e. The van der Waals surface area contributed by atoms with Crippen LogP contribution >= 0.6 is 24.2 Å². The first-order chi connectivity index (χ1) is 7.51. The maximum atomic E-state index is 11.5. The van der Waals surface area contributed by atoms with E-state index in [-0.39, 0.29) is 11.7 Å². The van der Waals surface area contributed by atoms with E-state index in [1.807, 2.05) is 6.92 Å². The Bertz CT molecular complexity index is 409. The lowest BCUT2D eigenvalue weighted by molar-refractivity contribution is -0.115. The number of hydrogen-bond acceptors (Lipinski definition) is 3. The first kappa shape index (κ1) is 13.2. The van der Waals surface area contributed by atoms with E-state index in [1.54, 1.807) is 26.3 Å². The fourth-order valence-corrected chi connectivity index (χ4v) is 1.85. The van der Waals surface area contributed by atoms with E-state index in [0.717, 1.165) is 11.3 Å². The number of rotatable bonds is 3. The van der Waals surface area contributed by atoms with Gasteiger partial charge in [-0.05, 0) is 24.6 Å². The number of methoxy groups -OCH3 is 1. The molecule has 0 fully saturated rings. The highest BCUT2D eigenvalue weighted by atomic mass is 35.5. The van der Waals surface area contributed by atoms with Gasteiger partial charge in [0.1, 0.15) is 5.75 Å². The Morgan fingerprint density at radius 1 is 1.56 bits per heavy atom. The molecule has 1 amide bonds. The van der Waals surface area contributed by atoms with Crippen molar-refractivity contribution in [3.05, 3.63) is 22.7 Å². The standard InChI is InChI=1S/C11H14ClNO2S/c1-7-4-10(15-3)8(12)5-9(7)13(2)11(14)6-16/h4-5,16H,6H2,1-3H3. The van der Waals surface area contributed by atoms with Gasteiger partial charge in [-0.3, -0.25) is 4.79 Å². The molecule has 0 spiro atoms. The Morgan fingerprint density at radius 3 is 2.69 bits per heavy atom. The van der Waals surface area contributed by atoms with E-state index in [1.165, 1.54) is 4.90 Å². The van der Waals surface area contributed by atoms with Crippen LogP contribution in [-0.4, -0.2) is 25.8 Å². The van der Waals surface area contributed by atoms with E-state index in [0.29, 0.717) is 10.8 Å². The number of thiol groups is 1. The molecule has 0 unspecified atom stereocenters. The van der Waals surface area contributed by atoms with Crippen LogP contribution in [0.3, 0.4) is 0 Å². The molecular weight excluding hydrogens is 246 g/mol. The molecule has 5 heteroatoms. The van der Waals surface area contributed by atoms with E-state index >= 15 is 0 Å². The molecule has 0 N–H and O–H groups in total. The van der Waals surface area contributed by atoms with Gasteiger partial charge < -0.3 is 9.64 Å². The molecule has 0 heterocycles. The van der Waals surface area contributed by atoms with Crippen LogP contribution in [0, 0.1) is 6.92 Å². The summed E-state index contributed by atoms with van der Waals surface area (Å²) in [5.41, 5.74) is 1.70. The predicted molar refractivity (Wildman–Crippen MR) is 70.0 cm³/mol. The number of amides is 1. The van der Waals surface area contributed by atoms with Crippen molar-refractivity contribution in [2.24, 2.45) is 0 Å². The molecule has 0 aromatic heterocycles. The van der Waals surface area contributed by atoms with Gasteiger partial charge in [-0.15, -0.1) is 0 Å². The van der Waals surface area contributed by atoms with E-state index in [4.69, 9.17) is 16.3 Å². The Labute approximate surface area is 106 Å². The third kappa shape index (κ3) is 2.62. The Balaban J connectivity index is 3.15. The first-order valence-electron chi connectivity index (χ1n) is 4.72. The van der Waals surface area contributed by atoms with Gasteiger partial charge in [0.25, 0.3) is 0 Å². The van der Waals surface area contributed by atoms with Gasteiger partial charge in [0, 0.05) is 12.7 Å². The lowest BCUT2D eigenvalue weighted by Gasteiger charge is -2.19. The van der Waals surface area contributed by atoms with Gasteiger partial charge in [0.2, 0.25) is 5.91 Å². The first-order valence-corrected chi connectivity index (χ1v) is 5.73. The summed E-state index contributed by atoms with van der Waals surface area (Å²) in [7, 11) is 3.26. The van der Waals surface area contributed by atoms with Crippen LogP contribution < -0.4 is 9.64 Å². The minimum Gasteiger partial charge on any atom is -0.495 e. The summed E-state index contributed by atoms with van der Waals surface area (Å²) >= 11 is 9.97. The molecule has 0 saturated carbocycles. The number of hydrogen-bond donors (Lipinski definition) is 1. The predicted octanol–water partition coefficient (Wildman–Crippen LogP) is 2.55. The van der Waals surface area contributed by atoms with E-state index < -0.39 is 0 Å². The lowest BCUT2D eigenvalue weighted by atomic mass is 10.1. The molecule has 3 nitrogen and oxygen atoms in total. The molecule has 0 radical (unpaired) electrons. The smallest absolute Gasteiger partial charge is 0.236 e. The summed E-state index contributed by atoms with van der Waals surface area (Å²) in [6, 6.07) is 3.52. The van der Waals surface area contributed by atoms with E-state index in [2.05, 4.69) is 12.6 Å². The zero-order valence-corrected chi connectivity index (χ0v) is 11.1. The summed E-state index contributed by atoms with van der Waals surface area (Å²) in [6.07, 6.45) is 0. The summed E-state index contributed by atoms with van der Waals surface area (Å²) < 4.78 is 5.10. The highest BCUT2D eigenvalue weighted by Crippen LogP contribution is 2.32. The molecule has 1 aromatic rings. The van der Waals surface area contributed by atoms with Crippen molar-refractivity contribution in [3.63, 3.8) is 0 Å². The van der Waals surface area contributed by atoms with Crippen LogP contribution in [0.1, 0.15) is 5.56 Å². The highest BCUT2D eigenvalue weighted by molar-refractivity contribution is 7.81. The van der Waals surface area contributed by atoms with Gasteiger partial charge in [0.15, 0.2) is 0 Å². The number of carbonyl (C=O) groups excluding carboxylic acids is 1. The molecule has 1 rings (SSSR count). The van der Waals surface area contributed by atoms with Crippen molar-refractivity contribution >= 4 is 35.8 Å². The summed E-state index contributed by atoms with van der Waals surface area (Å²) in [6.45, 7) is 1.90. The fourth-order valence-electron chi connectivity index (χ4n) is 1.40. The van der Waals surface area contributed by atoms with Crippen molar-refractivity contribution in [1.82, 2.24) is 0 Å². The molecule has 0 aliphatic rings. The number of halogens is 1. The quantitative estimate of drug-likeness (QED) is 0.846. The molecular formula is C11H14ClNO2S. The third-order valence-corrected chi connectivity index (χ3v) is 2.91. The van der Waals surface area contributed by atoms with Crippen LogP contribution in [0.15, 0.2) is 12.1 Å². The fraction of sp³-hybridized carbons (Fsp3) is 0.364. The topological polar surface area (TPSA) is 29.5 Å². The zero-order chi connectivity index (χ0) is 12.3. The minimum absolute atomic E-state index is 0.0762. The van der Waals surface area contributed by atoms with Gasteiger partial charge in [0.05, 0.1) is 17.9 Å². The van der Waals surface area contributed by atoms with Crippen LogP contribution in [0.5, 0.6) is 5.75 Å². The van der Waals surface area contributed by atoms with Crippen LogP contribution in [0.2, 0.25) is 5.02 Å². The molecule has 0 saturated heterocycles. The third-order valence-electron chi connectivity index (χ3n) is 2.34. The average molecular weight is 260 g/mol. The lowest BCUT2D eigenvalue weighted by Crippen LogP contribution is -2.27. The summed E-state index contributed by atoms with van der Waals surface area (Å²) in [5.74, 6) is 0.696. The Hall–Kier alpha value is -0.870. The minimum atomic E-state index is -0.0762. The van der Waals surface area contributed by atoms with Gasteiger partial charge in [-0.25, -0.2) is 0 Å². The van der Waals surface area contributed by atoms with Gasteiger partial charge in [-0.2, -0.15) is 12.6 Å². The molecule has 1 aromatic carbocycles. The molecule has 0 aliphatic carbocycles. The number of carbonyl (C=O) groups is 1. The second-order valence-electron chi connectivity index (χ2n) is 3.38. The number of nitrogens with zero attached hydrogens (tertiary/aromatic N) is 1. The second-order valence-corrected chi connectivity index (χ2v) is 4.11. The Morgan fingerprint density at radius 2 is 2.19 bits per heavy atom. The van der Waals surface area contributed by atoms with Crippen molar-refractivity contribution in [2.75, 3.05) is 24.8 Å². The van der Waals surface area contributed by atoms with Gasteiger partial charge in [-0.1, -0.05) is 11.6 Å². The van der Waals surface area contributed by atoms with E-state index in [9.17, 15) is 4.79 Å². The number of aryl methyl sites for hydroxylation is 1. The van der Waals surface area contributed by atoms with Crippen molar-refractivity contribution in [3.8, 4) is 5.75 Å². The maximum absolute atomic E-state index is 11.5. The Kier molecular flexibility index (Phi) is 4.50. The summed E-state index contributed by atoms with van der Waals surface area (Å²) in [4.78, 5) is 13.0. The zero-order valence-electron chi connectivity index (χ0n) is 9.45. The normalized spacial score (nSPS) is 10.1. The van der Waals surface area contributed by atoms with Crippen molar-refractivity contribution < 1.29 is 9.53 Å². The van der Waals surface area contributed by atoms with Crippen LogP contribution in [0.4, 0.5) is 5.69 Å². The SMILES string of the molecule is COc1cc(C)c(N(C)C(=O)CS)cc1Cl. The van der Waals surface area contributed by atoms with Crippen LogP contribution in [0.25, 0.3) is 0 Å². The molecule has 0 atom stereocenters. The van der Waals surface area contributed by atoms with Crippen LogP contribution in [-0.2, 0) is 4.79 Å². The monoisotopic (exact) mass is 259 g/mol. The van der Waals surface area contributed by atoms with Crippen molar-refractivity contribution in [1.29, 1.82) is 0 Å². The molecule has 0 bridgehead atoms.